The SMILES string of the molecule is CNC(=O)/C(=N\NC=O)SCCO. The minimum atomic E-state index is -0.396. The predicted molar refractivity (Wildman–Crippen MR) is 50.2 cm³/mol. The fraction of sp³-hybridized carbons (Fsp3) is 0.500. The fourth-order valence-corrected chi connectivity index (χ4v) is 1.12. The molecule has 0 heterocycles. The molecule has 0 aliphatic carbocycles. The first-order chi connectivity index (χ1) is 6.26. The molecule has 0 aliphatic heterocycles. The summed E-state index contributed by atoms with van der Waals surface area (Å²) >= 11 is 1.06. The van der Waals surface area contributed by atoms with Gasteiger partial charge in [0.15, 0.2) is 5.04 Å². The molecule has 0 rings (SSSR count). The molecule has 7 heteroatoms. The number of hydrogen-bond donors (Lipinski definition) is 3. The smallest absolute Gasteiger partial charge is 0.278 e. The van der Waals surface area contributed by atoms with Crippen LogP contribution < -0.4 is 10.7 Å². The Balaban J connectivity index is 4.17. The van der Waals surface area contributed by atoms with Crippen LogP contribution in [-0.4, -0.2) is 41.9 Å². The zero-order chi connectivity index (χ0) is 10.1. The van der Waals surface area contributed by atoms with Crippen molar-refractivity contribution in [3.05, 3.63) is 0 Å². The van der Waals surface area contributed by atoms with E-state index in [0.717, 1.165) is 11.8 Å². The van der Waals surface area contributed by atoms with E-state index >= 15 is 0 Å². The van der Waals surface area contributed by atoms with E-state index in [0.29, 0.717) is 12.2 Å². The number of carbonyl (C=O) groups is 2. The van der Waals surface area contributed by atoms with E-state index in [-0.39, 0.29) is 11.7 Å². The number of hydrazone groups is 1. The average molecular weight is 205 g/mol. The fourth-order valence-electron chi connectivity index (χ4n) is 0.483. The van der Waals surface area contributed by atoms with Gasteiger partial charge in [0.2, 0.25) is 6.41 Å². The summed E-state index contributed by atoms with van der Waals surface area (Å²) < 4.78 is 0. The number of hydrogen-bond acceptors (Lipinski definition) is 5. The summed E-state index contributed by atoms with van der Waals surface area (Å²) in [5, 5.41) is 14.5. The number of rotatable bonds is 4. The van der Waals surface area contributed by atoms with Gasteiger partial charge in [-0.05, 0) is 0 Å². The molecule has 0 saturated carbocycles. The van der Waals surface area contributed by atoms with Gasteiger partial charge in [0.1, 0.15) is 0 Å². The van der Waals surface area contributed by atoms with E-state index in [1.54, 1.807) is 0 Å². The lowest BCUT2D eigenvalue weighted by molar-refractivity contribution is -0.114. The summed E-state index contributed by atoms with van der Waals surface area (Å²) in [5.74, 6) is -0.0416. The molecule has 0 bridgehead atoms. The van der Waals surface area contributed by atoms with Gasteiger partial charge in [-0.1, -0.05) is 11.8 Å². The number of carbonyl (C=O) groups excluding carboxylic acids is 2. The number of thioether (sulfide) groups is 1. The molecule has 6 nitrogen and oxygen atoms in total. The van der Waals surface area contributed by atoms with Crippen molar-refractivity contribution in [3.8, 4) is 0 Å². The Kier molecular flexibility index (Phi) is 6.93. The molecule has 0 fully saturated rings. The predicted octanol–water partition coefficient (Wildman–Crippen LogP) is -1.48. The lowest BCUT2D eigenvalue weighted by atomic mass is 10.7. The maximum absolute atomic E-state index is 11.0. The zero-order valence-electron chi connectivity index (χ0n) is 7.11. The van der Waals surface area contributed by atoms with Crippen molar-refractivity contribution in [3.63, 3.8) is 0 Å². The third-order valence-electron chi connectivity index (χ3n) is 0.970. The minimum absolute atomic E-state index is 0.0538. The van der Waals surface area contributed by atoms with Crippen molar-refractivity contribution in [1.29, 1.82) is 0 Å². The number of nitrogens with zero attached hydrogens (tertiary/aromatic N) is 1. The third-order valence-corrected chi connectivity index (χ3v) is 1.91. The van der Waals surface area contributed by atoms with Crippen LogP contribution in [0.4, 0.5) is 0 Å². The van der Waals surface area contributed by atoms with Crippen LogP contribution in [0.15, 0.2) is 5.10 Å². The molecule has 13 heavy (non-hydrogen) atoms. The van der Waals surface area contributed by atoms with Crippen molar-refractivity contribution in [1.82, 2.24) is 10.7 Å². The van der Waals surface area contributed by atoms with E-state index in [4.69, 9.17) is 5.11 Å². The maximum atomic E-state index is 11.0. The summed E-state index contributed by atoms with van der Waals surface area (Å²) in [5.41, 5.74) is 2.02. The average Bonchev–Trinajstić information content (AvgIpc) is 2.17. The second-order valence-electron chi connectivity index (χ2n) is 1.82. The van der Waals surface area contributed by atoms with Gasteiger partial charge in [0.05, 0.1) is 6.61 Å². The Morgan fingerprint density at radius 3 is 2.85 bits per heavy atom. The second kappa shape index (κ2) is 7.56. The van der Waals surface area contributed by atoms with Gasteiger partial charge in [0, 0.05) is 12.8 Å². The van der Waals surface area contributed by atoms with Gasteiger partial charge in [0.25, 0.3) is 5.91 Å². The maximum Gasteiger partial charge on any atom is 0.278 e. The normalized spacial score (nSPS) is 10.8. The third kappa shape index (κ3) is 5.21. The van der Waals surface area contributed by atoms with Gasteiger partial charge < -0.3 is 10.4 Å². The van der Waals surface area contributed by atoms with Crippen LogP contribution in [0.2, 0.25) is 0 Å². The van der Waals surface area contributed by atoms with Crippen molar-refractivity contribution in [2.45, 2.75) is 0 Å². The molecule has 0 aromatic heterocycles. The van der Waals surface area contributed by atoms with Gasteiger partial charge in [-0.15, -0.1) is 0 Å². The Labute approximate surface area is 79.8 Å². The molecular formula is C6H11N3O3S. The Morgan fingerprint density at radius 1 is 1.69 bits per heavy atom. The topological polar surface area (TPSA) is 90.8 Å². The first kappa shape index (κ1) is 11.9. The molecule has 0 spiro atoms. The largest absolute Gasteiger partial charge is 0.396 e. The Hall–Kier alpha value is -1.08. The number of nitrogens with one attached hydrogen (secondary N) is 2. The summed E-state index contributed by atoms with van der Waals surface area (Å²) in [6, 6.07) is 0. The standard InChI is InChI=1S/C6H11N3O3S/c1-7-5(12)6(9-8-4-11)13-3-2-10/h4,10H,2-3H2,1H3,(H,7,12)(H,8,11)/b9-6+. The highest BCUT2D eigenvalue weighted by atomic mass is 32.2. The molecule has 0 aromatic rings. The van der Waals surface area contributed by atoms with E-state index < -0.39 is 5.91 Å². The first-order valence-corrected chi connectivity index (χ1v) is 4.47. The molecule has 3 N–H and O–H groups in total. The Bertz CT molecular complexity index is 207. The van der Waals surface area contributed by atoms with Crippen molar-refractivity contribution in [2.24, 2.45) is 5.10 Å². The molecule has 0 atom stereocenters. The van der Waals surface area contributed by atoms with Crippen LogP contribution in [0, 0.1) is 0 Å². The van der Waals surface area contributed by atoms with Gasteiger partial charge in [-0.25, -0.2) is 5.43 Å². The number of amides is 2. The van der Waals surface area contributed by atoms with Crippen LogP contribution in [0.1, 0.15) is 0 Å². The van der Waals surface area contributed by atoms with Gasteiger partial charge >= 0.3 is 0 Å². The van der Waals surface area contributed by atoms with Crippen LogP contribution in [0.3, 0.4) is 0 Å². The van der Waals surface area contributed by atoms with Crippen molar-refractivity contribution < 1.29 is 14.7 Å². The first-order valence-electron chi connectivity index (χ1n) is 3.48. The Morgan fingerprint density at radius 2 is 2.38 bits per heavy atom. The van der Waals surface area contributed by atoms with Crippen LogP contribution in [0.25, 0.3) is 0 Å². The van der Waals surface area contributed by atoms with E-state index in [9.17, 15) is 9.59 Å². The summed E-state index contributed by atoms with van der Waals surface area (Å²) in [6.07, 6.45) is 0.364. The highest BCUT2D eigenvalue weighted by Crippen LogP contribution is 2.02. The van der Waals surface area contributed by atoms with E-state index in [1.807, 2.05) is 5.43 Å². The summed E-state index contributed by atoms with van der Waals surface area (Å²) in [7, 11) is 1.46. The molecule has 0 aromatic carbocycles. The molecule has 2 amide bonds. The molecule has 74 valence electrons. The molecule has 0 aliphatic rings. The zero-order valence-corrected chi connectivity index (χ0v) is 7.93. The molecular weight excluding hydrogens is 194 g/mol. The van der Waals surface area contributed by atoms with Gasteiger partial charge in [-0.2, -0.15) is 5.10 Å². The molecule has 0 unspecified atom stereocenters. The highest BCUT2D eigenvalue weighted by Gasteiger charge is 2.09. The quantitative estimate of drug-likeness (QED) is 0.226. The second-order valence-corrected chi connectivity index (χ2v) is 2.90. The van der Waals surface area contributed by atoms with E-state index in [1.165, 1.54) is 7.05 Å². The number of aliphatic hydroxyl groups is 1. The summed E-state index contributed by atoms with van der Waals surface area (Å²) in [6.45, 7) is -0.0538. The molecule has 0 radical (unpaired) electrons. The van der Waals surface area contributed by atoms with E-state index in [2.05, 4.69) is 10.4 Å². The summed E-state index contributed by atoms with van der Waals surface area (Å²) in [4.78, 5) is 20.9. The van der Waals surface area contributed by atoms with Crippen LogP contribution >= 0.6 is 11.8 Å². The minimum Gasteiger partial charge on any atom is -0.396 e. The van der Waals surface area contributed by atoms with Crippen LogP contribution in [0.5, 0.6) is 0 Å². The monoisotopic (exact) mass is 205 g/mol. The number of aliphatic hydroxyl groups excluding tert-OH is 1. The van der Waals surface area contributed by atoms with Gasteiger partial charge in [-0.3, -0.25) is 9.59 Å². The lowest BCUT2D eigenvalue weighted by Gasteiger charge is -2.01. The van der Waals surface area contributed by atoms with Crippen molar-refractivity contribution in [2.75, 3.05) is 19.4 Å². The van der Waals surface area contributed by atoms with Crippen LogP contribution in [-0.2, 0) is 9.59 Å². The van der Waals surface area contributed by atoms with Crippen molar-refractivity contribution >= 4 is 29.1 Å². The lowest BCUT2D eigenvalue weighted by Crippen LogP contribution is -2.27. The highest BCUT2D eigenvalue weighted by molar-refractivity contribution is 8.15. The molecule has 0 saturated heterocycles.